The Bertz CT molecular complexity index is 903. The number of cyclic esters (lactones) is 1. The third-order valence-corrected chi connectivity index (χ3v) is 4.87. The van der Waals surface area contributed by atoms with Crippen LogP contribution >= 0.6 is 0 Å². The van der Waals surface area contributed by atoms with Crippen molar-refractivity contribution >= 4 is 11.8 Å². The van der Waals surface area contributed by atoms with E-state index in [-0.39, 0.29) is 6.10 Å². The third-order valence-electron chi connectivity index (χ3n) is 4.87. The van der Waals surface area contributed by atoms with Gasteiger partial charge in [-0.3, -0.25) is 10.7 Å². The van der Waals surface area contributed by atoms with E-state index in [0.717, 1.165) is 11.1 Å². The lowest BCUT2D eigenvalue weighted by atomic mass is 10.0. The van der Waals surface area contributed by atoms with E-state index in [2.05, 4.69) is 16.1 Å². The molecule has 1 fully saturated rings. The summed E-state index contributed by atoms with van der Waals surface area (Å²) in [5.74, 6) is 4.94. The molecular formula is C21H27FN6O2. The summed E-state index contributed by atoms with van der Waals surface area (Å²) in [5, 5.41) is 6.18. The molecule has 7 N–H and O–H groups in total. The summed E-state index contributed by atoms with van der Waals surface area (Å²) in [6, 6.07) is 12.4. The fourth-order valence-corrected chi connectivity index (χ4v) is 3.27. The number of carbonyl (C=O) groups excluding carboxylic acids is 1. The fourth-order valence-electron chi connectivity index (χ4n) is 3.27. The number of likely N-dealkylation sites (N-methyl/N-ethyl adjacent to an activating group) is 1. The molecule has 1 aliphatic rings. The molecule has 160 valence electrons. The van der Waals surface area contributed by atoms with Crippen molar-refractivity contribution in [3.63, 3.8) is 0 Å². The van der Waals surface area contributed by atoms with Crippen LogP contribution in [0.5, 0.6) is 0 Å². The van der Waals surface area contributed by atoms with Crippen molar-refractivity contribution in [2.45, 2.75) is 12.6 Å². The molecule has 1 aliphatic heterocycles. The first-order valence-electron chi connectivity index (χ1n) is 9.65. The standard InChI is InChI=1S/C21H27FN6O2/c1-25-12-18-13-28(21(29)30-18)17-6-7-19(20(22)8-17)15-4-2-14(3-5-15)10-26-11-16(9-23)27-24/h2-9,18,25-27H,10-13,23-24H2,1H3/b16-9-. The van der Waals surface area contributed by atoms with Crippen LogP contribution in [0.15, 0.2) is 54.4 Å². The first kappa shape index (κ1) is 21.6. The number of carbonyl (C=O) groups is 1. The Balaban J connectivity index is 1.66. The second kappa shape index (κ2) is 10.1. The van der Waals surface area contributed by atoms with Crippen molar-refractivity contribution < 1.29 is 13.9 Å². The Hall–Kier alpha value is -3.14. The number of halogens is 1. The molecule has 1 saturated heterocycles. The molecule has 3 rings (SSSR count). The third kappa shape index (κ3) is 5.07. The largest absolute Gasteiger partial charge is 0.443 e. The second-order valence-electron chi connectivity index (χ2n) is 6.97. The van der Waals surface area contributed by atoms with E-state index < -0.39 is 11.9 Å². The van der Waals surface area contributed by atoms with E-state index in [0.29, 0.717) is 43.1 Å². The van der Waals surface area contributed by atoms with Gasteiger partial charge in [0, 0.05) is 31.4 Å². The predicted molar refractivity (Wildman–Crippen MR) is 115 cm³/mol. The van der Waals surface area contributed by atoms with Gasteiger partial charge in [0.25, 0.3) is 0 Å². The molecule has 0 aromatic heterocycles. The molecule has 2 aromatic carbocycles. The lowest BCUT2D eigenvalue weighted by Gasteiger charge is -2.14. The van der Waals surface area contributed by atoms with Gasteiger partial charge in [0.15, 0.2) is 0 Å². The topological polar surface area (TPSA) is 118 Å². The maximum absolute atomic E-state index is 14.8. The number of nitrogens with one attached hydrogen (secondary N) is 3. The molecule has 2 aromatic rings. The van der Waals surface area contributed by atoms with E-state index in [1.165, 1.54) is 17.2 Å². The first-order chi connectivity index (χ1) is 14.5. The molecule has 1 amide bonds. The number of ether oxygens (including phenoxy) is 1. The zero-order chi connectivity index (χ0) is 21.5. The van der Waals surface area contributed by atoms with Crippen molar-refractivity contribution in [2.24, 2.45) is 11.6 Å². The van der Waals surface area contributed by atoms with E-state index in [9.17, 15) is 9.18 Å². The summed E-state index contributed by atoms with van der Waals surface area (Å²) in [7, 11) is 1.79. The van der Waals surface area contributed by atoms with Crippen molar-refractivity contribution in [2.75, 3.05) is 31.6 Å². The Morgan fingerprint density at radius 3 is 2.70 bits per heavy atom. The van der Waals surface area contributed by atoms with Gasteiger partial charge in [-0.1, -0.05) is 24.3 Å². The van der Waals surface area contributed by atoms with Gasteiger partial charge < -0.3 is 26.5 Å². The van der Waals surface area contributed by atoms with E-state index in [4.69, 9.17) is 16.3 Å². The number of nitrogens with zero attached hydrogens (tertiary/aromatic N) is 1. The number of anilines is 1. The normalized spacial score (nSPS) is 16.6. The highest BCUT2D eigenvalue weighted by Gasteiger charge is 2.32. The molecular weight excluding hydrogens is 387 g/mol. The van der Waals surface area contributed by atoms with Crippen LogP contribution in [-0.2, 0) is 11.3 Å². The molecule has 0 spiro atoms. The number of benzene rings is 2. The van der Waals surface area contributed by atoms with Gasteiger partial charge >= 0.3 is 6.09 Å². The number of hydrazine groups is 1. The number of hydrogen-bond donors (Lipinski definition) is 5. The minimum Gasteiger partial charge on any atom is -0.443 e. The van der Waals surface area contributed by atoms with Gasteiger partial charge in [0.2, 0.25) is 0 Å². The van der Waals surface area contributed by atoms with Crippen LogP contribution in [0, 0.1) is 5.82 Å². The van der Waals surface area contributed by atoms with E-state index in [1.807, 2.05) is 24.3 Å². The maximum Gasteiger partial charge on any atom is 0.414 e. The molecule has 30 heavy (non-hydrogen) atoms. The zero-order valence-electron chi connectivity index (χ0n) is 16.8. The van der Waals surface area contributed by atoms with Gasteiger partial charge in [-0.05, 0) is 36.4 Å². The first-order valence-corrected chi connectivity index (χ1v) is 9.65. The van der Waals surface area contributed by atoms with Crippen LogP contribution in [-0.4, -0.2) is 38.9 Å². The highest BCUT2D eigenvalue weighted by molar-refractivity contribution is 5.90. The summed E-state index contributed by atoms with van der Waals surface area (Å²) >= 11 is 0. The van der Waals surface area contributed by atoms with E-state index >= 15 is 0 Å². The van der Waals surface area contributed by atoms with Gasteiger partial charge in [-0.15, -0.1) is 0 Å². The molecule has 9 heteroatoms. The summed E-state index contributed by atoms with van der Waals surface area (Å²) in [5.41, 5.74) is 11.4. The van der Waals surface area contributed by atoms with Crippen molar-refractivity contribution in [1.29, 1.82) is 0 Å². The molecule has 1 heterocycles. The Morgan fingerprint density at radius 1 is 1.30 bits per heavy atom. The minimum absolute atomic E-state index is 0.247. The number of hydrogen-bond acceptors (Lipinski definition) is 7. The Labute approximate surface area is 175 Å². The Kier molecular flexibility index (Phi) is 7.23. The monoisotopic (exact) mass is 414 g/mol. The number of amides is 1. The molecule has 0 bridgehead atoms. The smallest absolute Gasteiger partial charge is 0.414 e. The van der Waals surface area contributed by atoms with Crippen LogP contribution in [0.4, 0.5) is 14.9 Å². The lowest BCUT2D eigenvalue weighted by Crippen LogP contribution is -2.30. The van der Waals surface area contributed by atoms with Crippen molar-refractivity contribution in [3.05, 3.63) is 65.7 Å². The minimum atomic E-state index is -0.461. The van der Waals surface area contributed by atoms with Crippen LogP contribution in [0.1, 0.15) is 5.56 Å². The van der Waals surface area contributed by atoms with Gasteiger partial charge in [-0.25, -0.2) is 9.18 Å². The van der Waals surface area contributed by atoms with Gasteiger partial charge in [-0.2, -0.15) is 0 Å². The quantitative estimate of drug-likeness (QED) is 0.311. The number of rotatable bonds is 9. The highest BCUT2D eigenvalue weighted by atomic mass is 19.1. The van der Waals surface area contributed by atoms with Crippen LogP contribution in [0.2, 0.25) is 0 Å². The number of nitrogens with two attached hydrogens (primary N) is 2. The second-order valence-corrected chi connectivity index (χ2v) is 6.97. The molecule has 0 radical (unpaired) electrons. The van der Waals surface area contributed by atoms with Crippen LogP contribution in [0.3, 0.4) is 0 Å². The average Bonchev–Trinajstić information content (AvgIpc) is 3.12. The van der Waals surface area contributed by atoms with Gasteiger partial charge in [0.1, 0.15) is 11.9 Å². The summed E-state index contributed by atoms with van der Waals surface area (Å²) < 4.78 is 20.1. The molecule has 1 unspecified atom stereocenters. The SMILES string of the molecule is CNCC1CN(c2ccc(-c3ccc(CNC/C(=C/N)NN)cc3)c(F)c2)C(=O)O1. The molecule has 1 atom stereocenters. The van der Waals surface area contributed by atoms with Gasteiger partial charge in [0.05, 0.1) is 17.9 Å². The van der Waals surface area contributed by atoms with Crippen LogP contribution in [0.25, 0.3) is 11.1 Å². The van der Waals surface area contributed by atoms with E-state index in [1.54, 1.807) is 19.2 Å². The highest BCUT2D eigenvalue weighted by Crippen LogP contribution is 2.29. The Morgan fingerprint density at radius 2 is 2.07 bits per heavy atom. The summed E-state index contributed by atoms with van der Waals surface area (Å²) in [4.78, 5) is 13.5. The molecule has 0 aliphatic carbocycles. The summed E-state index contributed by atoms with van der Waals surface area (Å²) in [6.07, 6.45) is 0.700. The predicted octanol–water partition coefficient (Wildman–Crippen LogP) is 1.39. The van der Waals surface area contributed by atoms with Crippen molar-refractivity contribution in [1.82, 2.24) is 16.1 Å². The zero-order valence-corrected chi connectivity index (χ0v) is 16.8. The fraction of sp³-hybridized carbons (Fsp3) is 0.286. The van der Waals surface area contributed by atoms with Crippen LogP contribution < -0.4 is 32.5 Å². The van der Waals surface area contributed by atoms with Crippen molar-refractivity contribution in [3.8, 4) is 11.1 Å². The average molecular weight is 414 g/mol. The summed E-state index contributed by atoms with van der Waals surface area (Å²) in [6.45, 7) is 2.07. The molecule has 8 nitrogen and oxygen atoms in total. The lowest BCUT2D eigenvalue weighted by molar-refractivity contribution is 0.141. The maximum atomic E-state index is 14.8. The molecule has 0 saturated carbocycles.